The topological polar surface area (TPSA) is 52.6 Å². The highest BCUT2D eigenvalue weighted by Gasteiger charge is 2.21. The van der Waals surface area contributed by atoms with Gasteiger partial charge in [-0.1, -0.05) is 78.1 Å². The van der Waals surface area contributed by atoms with E-state index in [0.29, 0.717) is 12.3 Å². The summed E-state index contributed by atoms with van der Waals surface area (Å²) in [5, 5.41) is 0. The first-order valence-electron chi connectivity index (χ1n) is 10.2. The largest absolute Gasteiger partial charge is 0.469 e. The van der Waals surface area contributed by atoms with Gasteiger partial charge in [0.2, 0.25) is 0 Å². The zero-order valence-electron chi connectivity index (χ0n) is 17.0. The van der Waals surface area contributed by atoms with Gasteiger partial charge in [0.15, 0.2) is 0 Å². The van der Waals surface area contributed by atoms with Gasteiger partial charge in [0.25, 0.3) is 0 Å². The molecule has 148 valence electrons. The molecule has 0 amide bonds. The van der Waals surface area contributed by atoms with Gasteiger partial charge >= 0.3 is 11.9 Å². The van der Waals surface area contributed by atoms with Crippen LogP contribution < -0.4 is 0 Å². The van der Waals surface area contributed by atoms with Gasteiger partial charge in [-0.15, -0.1) is 0 Å². The molecule has 0 radical (unpaired) electrons. The number of carbonyl (C=O) groups is 2. The van der Waals surface area contributed by atoms with E-state index in [4.69, 9.17) is 4.74 Å². The first-order chi connectivity index (χ1) is 12.0. The summed E-state index contributed by atoms with van der Waals surface area (Å²) in [5.74, 6) is 0.275. The van der Waals surface area contributed by atoms with E-state index in [1.54, 1.807) is 0 Å². The second-order valence-electron chi connectivity index (χ2n) is 7.38. The summed E-state index contributed by atoms with van der Waals surface area (Å²) in [6.07, 6.45) is 14.9. The van der Waals surface area contributed by atoms with Gasteiger partial charge in [-0.05, 0) is 18.8 Å². The molecule has 1 unspecified atom stereocenters. The zero-order valence-corrected chi connectivity index (χ0v) is 17.0. The molecule has 0 N–H and O–H groups in total. The number of esters is 2. The molecule has 25 heavy (non-hydrogen) atoms. The Morgan fingerprint density at radius 1 is 0.680 bits per heavy atom. The summed E-state index contributed by atoms with van der Waals surface area (Å²) in [7, 11) is 2.93. The van der Waals surface area contributed by atoms with E-state index in [-0.39, 0.29) is 17.9 Å². The molecule has 0 aliphatic heterocycles. The monoisotopic (exact) mass is 356 g/mol. The Morgan fingerprint density at radius 2 is 1.12 bits per heavy atom. The first kappa shape index (κ1) is 23.9. The van der Waals surface area contributed by atoms with Gasteiger partial charge in [-0.3, -0.25) is 9.59 Å². The molecule has 0 aromatic heterocycles. The first-order valence-corrected chi connectivity index (χ1v) is 10.2. The summed E-state index contributed by atoms with van der Waals surface area (Å²) < 4.78 is 9.52. The number of ether oxygens (including phenoxy) is 2. The highest BCUT2D eigenvalue weighted by atomic mass is 16.5. The highest BCUT2D eigenvalue weighted by Crippen LogP contribution is 2.21. The average Bonchev–Trinajstić information content (AvgIpc) is 2.60. The molecular weight excluding hydrogens is 316 g/mol. The van der Waals surface area contributed by atoms with Gasteiger partial charge in [0, 0.05) is 6.42 Å². The number of hydrogen-bond acceptors (Lipinski definition) is 4. The van der Waals surface area contributed by atoms with E-state index in [9.17, 15) is 9.59 Å². The molecule has 1 atom stereocenters. The van der Waals surface area contributed by atoms with Crippen LogP contribution in [0.1, 0.15) is 97.3 Å². The lowest BCUT2D eigenvalue weighted by atomic mass is 9.90. The molecule has 4 nitrogen and oxygen atoms in total. The molecule has 0 aromatic rings. The maximum atomic E-state index is 11.7. The van der Waals surface area contributed by atoms with Gasteiger partial charge < -0.3 is 9.47 Å². The third-order valence-electron chi connectivity index (χ3n) is 4.93. The second kappa shape index (κ2) is 16.4. The van der Waals surface area contributed by atoms with Crippen molar-refractivity contribution in [1.82, 2.24) is 0 Å². The van der Waals surface area contributed by atoms with E-state index >= 15 is 0 Å². The summed E-state index contributed by atoms with van der Waals surface area (Å²) in [5.41, 5.74) is 0. The van der Waals surface area contributed by atoms with Crippen LogP contribution in [0, 0.1) is 11.8 Å². The zero-order chi connectivity index (χ0) is 18.9. The second-order valence-corrected chi connectivity index (χ2v) is 7.38. The fourth-order valence-corrected chi connectivity index (χ4v) is 3.20. The number of methoxy groups -OCH3 is 2. The molecule has 0 spiro atoms. The Morgan fingerprint density at radius 3 is 1.52 bits per heavy atom. The predicted octanol–water partition coefficient (Wildman–Crippen LogP) is 5.68. The summed E-state index contributed by atoms with van der Waals surface area (Å²) in [6, 6.07) is 0. The number of hydrogen-bond donors (Lipinski definition) is 0. The smallest absolute Gasteiger partial charge is 0.308 e. The van der Waals surface area contributed by atoms with E-state index in [1.807, 2.05) is 0 Å². The molecule has 4 heteroatoms. The standard InChI is InChI=1S/C21H40O4/c1-18(2)19(21(23)25-4)16-14-12-10-8-6-5-7-9-11-13-15-17-20(22)24-3/h18-19H,5-17H2,1-4H3. The molecule has 0 saturated carbocycles. The maximum Gasteiger partial charge on any atom is 0.308 e. The van der Waals surface area contributed by atoms with Crippen molar-refractivity contribution in [3.63, 3.8) is 0 Å². The Bertz CT molecular complexity index is 339. The van der Waals surface area contributed by atoms with E-state index in [0.717, 1.165) is 25.7 Å². The van der Waals surface area contributed by atoms with Crippen LogP contribution in [0.3, 0.4) is 0 Å². The molecule has 0 bridgehead atoms. The minimum absolute atomic E-state index is 0.0541. The SMILES string of the molecule is COC(=O)CCCCCCCCCCCCCC(C(=O)OC)C(C)C. The van der Waals surface area contributed by atoms with Crippen LogP contribution in [0.15, 0.2) is 0 Å². The van der Waals surface area contributed by atoms with E-state index in [2.05, 4.69) is 18.6 Å². The molecule has 0 aliphatic rings. The van der Waals surface area contributed by atoms with Gasteiger partial charge in [-0.2, -0.15) is 0 Å². The van der Waals surface area contributed by atoms with Crippen LogP contribution in [0.25, 0.3) is 0 Å². The normalized spacial score (nSPS) is 12.2. The molecule has 0 fully saturated rings. The summed E-state index contributed by atoms with van der Waals surface area (Å²) >= 11 is 0. The Kier molecular flexibility index (Phi) is 15.7. The van der Waals surface area contributed by atoms with Crippen molar-refractivity contribution in [2.45, 2.75) is 97.3 Å². The van der Waals surface area contributed by atoms with Crippen LogP contribution >= 0.6 is 0 Å². The predicted molar refractivity (Wildman–Crippen MR) is 102 cm³/mol. The molecule has 0 aliphatic carbocycles. The van der Waals surface area contributed by atoms with E-state index < -0.39 is 0 Å². The quantitative estimate of drug-likeness (QED) is 0.264. The van der Waals surface area contributed by atoms with Gasteiger partial charge in [-0.25, -0.2) is 0 Å². The summed E-state index contributed by atoms with van der Waals surface area (Å²) in [4.78, 5) is 22.7. The minimum Gasteiger partial charge on any atom is -0.469 e. The van der Waals surface area contributed by atoms with Crippen molar-refractivity contribution < 1.29 is 19.1 Å². The molecule has 0 heterocycles. The van der Waals surface area contributed by atoms with E-state index in [1.165, 1.54) is 65.6 Å². The molecule has 0 rings (SSSR count). The Balaban J connectivity index is 3.36. The van der Waals surface area contributed by atoms with Crippen molar-refractivity contribution in [3.8, 4) is 0 Å². The Labute approximate surface area is 155 Å². The van der Waals surface area contributed by atoms with Crippen LogP contribution in [-0.2, 0) is 19.1 Å². The lowest BCUT2D eigenvalue weighted by Gasteiger charge is -2.17. The number of rotatable bonds is 16. The highest BCUT2D eigenvalue weighted by molar-refractivity contribution is 5.72. The van der Waals surface area contributed by atoms with Crippen LogP contribution in [0.2, 0.25) is 0 Å². The van der Waals surface area contributed by atoms with Gasteiger partial charge in [0.1, 0.15) is 0 Å². The fraction of sp³-hybridized carbons (Fsp3) is 0.905. The van der Waals surface area contributed by atoms with Gasteiger partial charge in [0.05, 0.1) is 20.1 Å². The fourth-order valence-electron chi connectivity index (χ4n) is 3.20. The average molecular weight is 357 g/mol. The van der Waals surface area contributed by atoms with Crippen LogP contribution in [0.4, 0.5) is 0 Å². The van der Waals surface area contributed by atoms with Crippen molar-refractivity contribution in [2.24, 2.45) is 11.8 Å². The van der Waals surface area contributed by atoms with Crippen molar-refractivity contribution in [1.29, 1.82) is 0 Å². The lowest BCUT2D eigenvalue weighted by Crippen LogP contribution is -2.21. The lowest BCUT2D eigenvalue weighted by molar-refractivity contribution is -0.147. The number of unbranched alkanes of at least 4 members (excludes halogenated alkanes) is 10. The van der Waals surface area contributed by atoms with Crippen LogP contribution in [0.5, 0.6) is 0 Å². The van der Waals surface area contributed by atoms with Crippen molar-refractivity contribution in [3.05, 3.63) is 0 Å². The maximum absolute atomic E-state index is 11.7. The molecule has 0 saturated heterocycles. The Hall–Kier alpha value is -1.06. The molecular formula is C21H40O4. The third-order valence-corrected chi connectivity index (χ3v) is 4.93. The van der Waals surface area contributed by atoms with Crippen molar-refractivity contribution >= 4 is 11.9 Å². The molecule has 0 aromatic carbocycles. The van der Waals surface area contributed by atoms with Crippen LogP contribution in [-0.4, -0.2) is 26.2 Å². The third kappa shape index (κ3) is 13.9. The summed E-state index contributed by atoms with van der Waals surface area (Å²) in [6.45, 7) is 4.19. The minimum atomic E-state index is -0.0914. The number of carbonyl (C=O) groups excluding carboxylic acids is 2. The van der Waals surface area contributed by atoms with Crippen molar-refractivity contribution in [2.75, 3.05) is 14.2 Å².